The number of hydrogen-bond acceptors (Lipinski definition) is 4. The summed E-state index contributed by atoms with van der Waals surface area (Å²) >= 11 is 0. The van der Waals surface area contributed by atoms with Gasteiger partial charge in [0.05, 0.1) is 11.3 Å². The standard InChI is InChI=1S/C22H20F3N5O2/c23-22(24,25)16-4-1-5-17(11-16)27-20(31)14-6-9-30(10-7-14)21(32)19-12-18(28-29-19)15-3-2-8-26-13-15/h1-5,8,11-14H,6-7,9-10H2,(H,27,31)(H,28,29). The molecule has 7 nitrogen and oxygen atoms in total. The second-order valence-corrected chi connectivity index (χ2v) is 7.54. The summed E-state index contributed by atoms with van der Waals surface area (Å²) in [6.45, 7) is 0.724. The Morgan fingerprint density at radius 2 is 1.88 bits per heavy atom. The van der Waals surface area contributed by atoms with E-state index >= 15 is 0 Å². The van der Waals surface area contributed by atoms with E-state index in [4.69, 9.17) is 0 Å². The summed E-state index contributed by atoms with van der Waals surface area (Å²) in [7, 11) is 0. The number of benzene rings is 1. The number of anilines is 1. The molecule has 1 fully saturated rings. The molecule has 166 valence electrons. The maximum atomic E-state index is 12.9. The first-order valence-corrected chi connectivity index (χ1v) is 10.0. The summed E-state index contributed by atoms with van der Waals surface area (Å²) in [5.41, 5.74) is 1.02. The van der Waals surface area contributed by atoms with Crippen molar-refractivity contribution >= 4 is 17.5 Å². The van der Waals surface area contributed by atoms with Crippen molar-refractivity contribution in [3.05, 3.63) is 66.1 Å². The first-order chi connectivity index (χ1) is 15.3. The Morgan fingerprint density at radius 3 is 2.56 bits per heavy atom. The quantitative estimate of drug-likeness (QED) is 0.638. The lowest BCUT2D eigenvalue weighted by Gasteiger charge is -2.31. The van der Waals surface area contributed by atoms with Crippen LogP contribution >= 0.6 is 0 Å². The van der Waals surface area contributed by atoms with Gasteiger partial charge in [0.1, 0.15) is 5.69 Å². The number of carbonyl (C=O) groups is 2. The molecule has 1 saturated heterocycles. The summed E-state index contributed by atoms with van der Waals surface area (Å²) in [5, 5.41) is 9.46. The summed E-state index contributed by atoms with van der Waals surface area (Å²) in [6, 6.07) is 9.82. The van der Waals surface area contributed by atoms with Gasteiger partial charge in [0.2, 0.25) is 5.91 Å². The number of aromatic amines is 1. The molecule has 0 radical (unpaired) electrons. The van der Waals surface area contributed by atoms with Gasteiger partial charge in [-0.15, -0.1) is 0 Å². The summed E-state index contributed by atoms with van der Waals surface area (Å²) < 4.78 is 38.6. The Balaban J connectivity index is 1.34. The Labute approximate surface area is 181 Å². The number of nitrogens with one attached hydrogen (secondary N) is 2. The SMILES string of the molecule is O=C(Nc1cccc(C(F)(F)F)c1)C1CCN(C(=O)c2cc(-c3cccnc3)n[nH]2)CC1. The number of likely N-dealkylation sites (tertiary alicyclic amines) is 1. The highest BCUT2D eigenvalue weighted by Gasteiger charge is 2.31. The number of carbonyl (C=O) groups excluding carboxylic acids is 2. The zero-order valence-corrected chi connectivity index (χ0v) is 16.9. The third-order valence-electron chi connectivity index (χ3n) is 5.38. The predicted octanol–water partition coefficient (Wildman–Crippen LogP) is 3.98. The summed E-state index contributed by atoms with van der Waals surface area (Å²) in [6.07, 6.45) is -0.343. The Hall–Kier alpha value is -3.69. The van der Waals surface area contributed by atoms with Crippen LogP contribution in [0.3, 0.4) is 0 Å². The van der Waals surface area contributed by atoms with Gasteiger partial charge in [-0.25, -0.2) is 0 Å². The van der Waals surface area contributed by atoms with Crippen molar-refractivity contribution < 1.29 is 22.8 Å². The Morgan fingerprint density at radius 1 is 1.09 bits per heavy atom. The average Bonchev–Trinajstić information content (AvgIpc) is 3.29. The van der Waals surface area contributed by atoms with E-state index in [-0.39, 0.29) is 23.4 Å². The zero-order chi connectivity index (χ0) is 22.7. The largest absolute Gasteiger partial charge is 0.416 e. The molecule has 2 amide bonds. The van der Waals surface area contributed by atoms with Gasteiger partial charge in [-0.3, -0.25) is 19.7 Å². The lowest BCUT2D eigenvalue weighted by Crippen LogP contribution is -2.41. The number of rotatable bonds is 4. The zero-order valence-electron chi connectivity index (χ0n) is 16.9. The summed E-state index contributed by atoms with van der Waals surface area (Å²) in [5.74, 6) is -0.956. The first kappa shape index (κ1) is 21.5. The molecule has 2 aromatic heterocycles. The number of halogens is 3. The molecule has 0 saturated carbocycles. The molecule has 10 heteroatoms. The van der Waals surface area contributed by atoms with Crippen molar-refractivity contribution in [2.24, 2.45) is 5.92 Å². The van der Waals surface area contributed by atoms with Crippen LogP contribution in [0.2, 0.25) is 0 Å². The Bertz CT molecular complexity index is 1110. The highest BCUT2D eigenvalue weighted by atomic mass is 19.4. The topological polar surface area (TPSA) is 91.0 Å². The minimum atomic E-state index is -4.48. The van der Waals surface area contributed by atoms with Gasteiger partial charge in [-0.2, -0.15) is 18.3 Å². The number of piperidine rings is 1. The van der Waals surface area contributed by atoms with Crippen LogP contribution < -0.4 is 5.32 Å². The van der Waals surface area contributed by atoms with E-state index in [2.05, 4.69) is 20.5 Å². The number of aromatic nitrogens is 3. The molecule has 2 N–H and O–H groups in total. The molecule has 32 heavy (non-hydrogen) atoms. The van der Waals surface area contributed by atoms with Gasteiger partial charge in [-0.1, -0.05) is 6.07 Å². The van der Waals surface area contributed by atoms with Crippen LogP contribution in [0.5, 0.6) is 0 Å². The lowest BCUT2D eigenvalue weighted by atomic mass is 9.95. The van der Waals surface area contributed by atoms with E-state index in [0.29, 0.717) is 37.3 Å². The normalized spacial score (nSPS) is 14.9. The van der Waals surface area contributed by atoms with Crippen molar-refractivity contribution in [2.45, 2.75) is 19.0 Å². The van der Waals surface area contributed by atoms with Gasteiger partial charge >= 0.3 is 6.18 Å². The smallest absolute Gasteiger partial charge is 0.337 e. The Kier molecular flexibility index (Phi) is 5.93. The number of alkyl halides is 3. The molecule has 3 aromatic rings. The molecule has 4 rings (SSSR count). The van der Waals surface area contributed by atoms with Gasteiger partial charge in [0.15, 0.2) is 0 Å². The van der Waals surface area contributed by atoms with E-state index in [0.717, 1.165) is 17.7 Å². The fraction of sp³-hybridized carbons (Fsp3) is 0.273. The van der Waals surface area contributed by atoms with Crippen LogP contribution in [0.4, 0.5) is 18.9 Å². The van der Waals surface area contributed by atoms with Crippen LogP contribution in [0, 0.1) is 5.92 Å². The van der Waals surface area contributed by atoms with E-state index in [1.54, 1.807) is 29.4 Å². The van der Waals surface area contributed by atoms with E-state index in [1.807, 2.05) is 6.07 Å². The van der Waals surface area contributed by atoms with Crippen LogP contribution in [-0.2, 0) is 11.0 Å². The maximum absolute atomic E-state index is 12.9. The van der Waals surface area contributed by atoms with Crippen LogP contribution in [0.1, 0.15) is 28.9 Å². The van der Waals surface area contributed by atoms with Gasteiger partial charge in [0.25, 0.3) is 5.91 Å². The van der Waals surface area contributed by atoms with Crippen molar-refractivity contribution in [1.29, 1.82) is 0 Å². The van der Waals surface area contributed by atoms with Crippen molar-refractivity contribution in [3.63, 3.8) is 0 Å². The fourth-order valence-electron chi connectivity index (χ4n) is 3.63. The van der Waals surface area contributed by atoms with Crippen LogP contribution in [0.15, 0.2) is 54.9 Å². The van der Waals surface area contributed by atoms with Crippen molar-refractivity contribution in [2.75, 3.05) is 18.4 Å². The van der Waals surface area contributed by atoms with E-state index in [9.17, 15) is 22.8 Å². The van der Waals surface area contributed by atoms with Gasteiger partial charge < -0.3 is 10.2 Å². The molecular formula is C22H20F3N5O2. The van der Waals surface area contributed by atoms with Crippen molar-refractivity contribution in [3.8, 4) is 11.3 Å². The van der Waals surface area contributed by atoms with Crippen LogP contribution in [0.25, 0.3) is 11.3 Å². The fourth-order valence-corrected chi connectivity index (χ4v) is 3.63. The number of hydrogen-bond donors (Lipinski definition) is 2. The predicted molar refractivity (Wildman–Crippen MR) is 111 cm³/mol. The van der Waals surface area contributed by atoms with Crippen LogP contribution in [-0.4, -0.2) is 45.0 Å². The monoisotopic (exact) mass is 443 g/mol. The summed E-state index contributed by atoms with van der Waals surface area (Å²) in [4.78, 5) is 31.0. The number of pyridine rings is 1. The molecule has 0 atom stereocenters. The average molecular weight is 443 g/mol. The highest BCUT2D eigenvalue weighted by Crippen LogP contribution is 2.31. The second kappa shape index (κ2) is 8.81. The second-order valence-electron chi connectivity index (χ2n) is 7.54. The number of amides is 2. The number of nitrogens with zero attached hydrogens (tertiary/aromatic N) is 3. The molecule has 1 aromatic carbocycles. The highest BCUT2D eigenvalue weighted by molar-refractivity contribution is 5.95. The minimum absolute atomic E-state index is 0.101. The van der Waals surface area contributed by atoms with E-state index in [1.165, 1.54) is 12.1 Å². The van der Waals surface area contributed by atoms with Gasteiger partial charge in [0, 0.05) is 42.7 Å². The maximum Gasteiger partial charge on any atom is 0.416 e. The van der Waals surface area contributed by atoms with Gasteiger partial charge in [-0.05, 0) is 49.2 Å². The molecule has 0 bridgehead atoms. The first-order valence-electron chi connectivity index (χ1n) is 10.0. The molecule has 1 aliphatic heterocycles. The van der Waals surface area contributed by atoms with Crippen molar-refractivity contribution in [1.82, 2.24) is 20.1 Å². The molecule has 0 aliphatic carbocycles. The minimum Gasteiger partial charge on any atom is -0.337 e. The molecule has 0 spiro atoms. The molecule has 3 heterocycles. The molecular weight excluding hydrogens is 423 g/mol. The third-order valence-corrected chi connectivity index (χ3v) is 5.38. The molecule has 0 unspecified atom stereocenters. The van der Waals surface area contributed by atoms with E-state index < -0.39 is 11.7 Å². The lowest BCUT2D eigenvalue weighted by molar-refractivity contribution is -0.137. The molecule has 1 aliphatic rings. The number of H-pyrrole nitrogens is 1. The third kappa shape index (κ3) is 4.79.